The van der Waals surface area contributed by atoms with Crippen molar-refractivity contribution in [1.29, 1.82) is 0 Å². The van der Waals surface area contributed by atoms with Crippen LogP contribution in [0.2, 0.25) is 0 Å². The van der Waals surface area contributed by atoms with Crippen LogP contribution < -0.4 is 16.2 Å². The molecular weight excluding hydrogens is 239 g/mol. The van der Waals surface area contributed by atoms with Crippen LogP contribution in [-0.4, -0.2) is 5.11 Å². The monoisotopic (exact) mass is 247 g/mol. The van der Waals surface area contributed by atoms with Crippen molar-refractivity contribution in [3.05, 3.63) is 35.4 Å². The van der Waals surface area contributed by atoms with Gasteiger partial charge >= 0.3 is 6.18 Å². The average molecular weight is 247 g/mol. The third-order valence-corrected chi connectivity index (χ3v) is 2.37. The van der Waals surface area contributed by atoms with Gasteiger partial charge in [-0.3, -0.25) is 5.43 Å². The summed E-state index contributed by atoms with van der Waals surface area (Å²) in [6.07, 6.45) is -4.77. The quantitative estimate of drug-likeness (QED) is 0.660. The number of alkyl halides is 3. The van der Waals surface area contributed by atoms with Crippen LogP contribution in [0.25, 0.3) is 0 Å². The largest absolute Gasteiger partial charge is 0.416 e. The first-order chi connectivity index (χ1) is 7.47. The van der Waals surface area contributed by atoms with Crippen LogP contribution in [0.5, 0.6) is 0 Å². The lowest BCUT2D eigenvalue weighted by atomic mass is 10.1. The third-order valence-electron chi connectivity index (χ3n) is 2.15. The van der Waals surface area contributed by atoms with E-state index < -0.39 is 17.9 Å². The molecule has 16 heavy (non-hydrogen) atoms. The second-order valence-electron chi connectivity index (χ2n) is 3.30. The van der Waals surface area contributed by atoms with Crippen LogP contribution in [0.4, 0.5) is 13.2 Å². The van der Waals surface area contributed by atoms with Crippen molar-refractivity contribution in [3.63, 3.8) is 0 Å². The Bertz CT molecular complexity index is 419. The number of nitrogens with one attached hydrogen (secondary N) is 3. The molecule has 1 fully saturated rings. The zero-order chi connectivity index (χ0) is 11.8. The Labute approximate surface area is 95.0 Å². The van der Waals surface area contributed by atoms with Gasteiger partial charge in [0.15, 0.2) is 5.11 Å². The van der Waals surface area contributed by atoms with Crippen molar-refractivity contribution < 1.29 is 13.2 Å². The standard InChI is InChI=1S/C9H8F3N3S/c10-9(11,12)6-3-1-2-5(4-6)7-13-8(16)15-14-7/h1-4,7,14H,(H2,13,15,16). The molecule has 7 heteroatoms. The van der Waals surface area contributed by atoms with E-state index in [0.29, 0.717) is 10.7 Å². The van der Waals surface area contributed by atoms with E-state index in [9.17, 15) is 13.2 Å². The van der Waals surface area contributed by atoms with Gasteiger partial charge in [0, 0.05) is 0 Å². The fraction of sp³-hybridized carbons (Fsp3) is 0.222. The average Bonchev–Trinajstić information content (AvgIpc) is 2.64. The summed E-state index contributed by atoms with van der Waals surface area (Å²) < 4.78 is 37.3. The molecule has 1 atom stereocenters. The minimum Gasteiger partial charge on any atom is -0.341 e. The van der Waals surface area contributed by atoms with Gasteiger partial charge < -0.3 is 5.32 Å². The molecule has 2 rings (SSSR count). The highest BCUT2D eigenvalue weighted by molar-refractivity contribution is 7.80. The highest BCUT2D eigenvalue weighted by atomic mass is 32.1. The van der Waals surface area contributed by atoms with Crippen LogP contribution in [0.1, 0.15) is 17.3 Å². The number of halogens is 3. The Kier molecular flexibility index (Phi) is 2.73. The number of benzene rings is 1. The van der Waals surface area contributed by atoms with Gasteiger partial charge in [-0.2, -0.15) is 13.2 Å². The first-order valence-electron chi connectivity index (χ1n) is 4.46. The third kappa shape index (κ3) is 2.25. The van der Waals surface area contributed by atoms with E-state index in [1.807, 2.05) is 0 Å². The Morgan fingerprint density at radius 2 is 2.00 bits per heavy atom. The molecule has 1 heterocycles. The lowest BCUT2D eigenvalue weighted by Crippen LogP contribution is -2.26. The normalized spacial score (nSPS) is 20.4. The van der Waals surface area contributed by atoms with Crippen molar-refractivity contribution in [3.8, 4) is 0 Å². The van der Waals surface area contributed by atoms with E-state index in [-0.39, 0.29) is 0 Å². The van der Waals surface area contributed by atoms with Crippen LogP contribution in [0, 0.1) is 0 Å². The second-order valence-corrected chi connectivity index (χ2v) is 3.71. The predicted molar refractivity (Wildman–Crippen MR) is 56.2 cm³/mol. The molecule has 1 aliphatic heterocycles. The van der Waals surface area contributed by atoms with Gasteiger partial charge in [0.1, 0.15) is 6.17 Å². The molecule has 0 aliphatic carbocycles. The zero-order valence-corrected chi connectivity index (χ0v) is 8.75. The van der Waals surface area contributed by atoms with Crippen molar-refractivity contribution >= 4 is 17.3 Å². The number of thiocarbonyl (C=S) groups is 1. The molecule has 0 spiro atoms. The van der Waals surface area contributed by atoms with Crippen molar-refractivity contribution in [2.75, 3.05) is 0 Å². The Balaban J connectivity index is 2.26. The first kappa shape index (κ1) is 11.2. The van der Waals surface area contributed by atoms with Gasteiger partial charge in [-0.15, -0.1) is 0 Å². The van der Waals surface area contributed by atoms with Gasteiger partial charge in [0.05, 0.1) is 5.56 Å². The van der Waals surface area contributed by atoms with Crippen LogP contribution in [0.3, 0.4) is 0 Å². The lowest BCUT2D eigenvalue weighted by Gasteiger charge is -2.13. The molecule has 0 amide bonds. The molecule has 1 saturated heterocycles. The molecule has 1 aromatic carbocycles. The number of hydrogen-bond donors (Lipinski definition) is 3. The van der Waals surface area contributed by atoms with Crippen molar-refractivity contribution in [1.82, 2.24) is 16.2 Å². The molecule has 0 saturated carbocycles. The molecule has 0 aromatic heterocycles. The fourth-order valence-corrected chi connectivity index (χ4v) is 1.58. The van der Waals surface area contributed by atoms with Crippen molar-refractivity contribution in [2.45, 2.75) is 12.3 Å². The highest BCUT2D eigenvalue weighted by Gasteiger charge is 2.31. The summed E-state index contributed by atoms with van der Waals surface area (Å²) in [5, 5.41) is 3.15. The summed E-state index contributed by atoms with van der Waals surface area (Å²) in [6.45, 7) is 0. The lowest BCUT2D eigenvalue weighted by molar-refractivity contribution is -0.137. The number of hydrogen-bond acceptors (Lipinski definition) is 2. The molecule has 0 radical (unpaired) electrons. The molecule has 3 N–H and O–H groups in total. The first-order valence-corrected chi connectivity index (χ1v) is 4.87. The van der Waals surface area contributed by atoms with E-state index in [2.05, 4.69) is 16.2 Å². The number of hydrazine groups is 1. The minimum absolute atomic E-state index is 0.363. The van der Waals surface area contributed by atoms with Crippen LogP contribution in [-0.2, 0) is 6.18 Å². The topological polar surface area (TPSA) is 36.1 Å². The summed E-state index contributed by atoms with van der Waals surface area (Å²) in [7, 11) is 0. The van der Waals surface area contributed by atoms with Gasteiger partial charge in [-0.05, 0) is 29.9 Å². The highest BCUT2D eigenvalue weighted by Crippen LogP contribution is 2.30. The van der Waals surface area contributed by atoms with Crippen LogP contribution in [0.15, 0.2) is 24.3 Å². The molecule has 1 aromatic rings. The summed E-state index contributed by atoms with van der Waals surface area (Å²) >= 11 is 4.80. The van der Waals surface area contributed by atoms with Gasteiger partial charge in [-0.1, -0.05) is 12.1 Å². The second kappa shape index (κ2) is 3.91. The SMILES string of the molecule is FC(F)(F)c1cccc(C2NNC(=S)N2)c1. The Morgan fingerprint density at radius 3 is 2.56 bits per heavy atom. The van der Waals surface area contributed by atoms with Crippen molar-refractivity contribution in [2.24, 2.45) is 0 Å². The predicted octanol–water partition coefficient (Wildman–Crippen LogP) is 1.69. The van der Waals surface area contributed by atoms with Gasteiger partial charge in [-0.25, -0.2) is 5.43 Å². The maximum atomic E-state index is 12.4. The van der Waals surface area contributed by atoms with E-state index in [4.69, 9.17) is 12.2 Å². The summed E-state index contributed by atoms with van der Waals surface area (Å²) in [5.74, 6) is 0. The Morgan fingerprint density at radius 1 is 1.25 bits per heavy atom. The smallest absolute Gasteiger partial charge is 0.341 e. The summed E-state index contributed by atoms with van der Waals surface area (Å²) in [5.41, 5.74) is 5.15. The minimum atomic E-state index is -4.33. The molecule has 0 bridgehead atoms. The maximum absolute atomic E-state index is 12.4. The number of rotatable bonds is 1. The fourth-order valence-electron chi connectivity index (χ4n) is 1.40. The molecule has 1 aliphatic rings. The van der Waals surface area contributed by atoms with Crippen LogP contribution >= 0.6 is 12.2 Å². The summed E-state index contributed by atoms with van der Waals surface area (Å²) in [6, 6.07) is 5.07. The van der Waals surface area contributed by atoms with E-state index in [1.54, 1.807) is 6.07 Å². The summed E-state index contributed by atoms with van der Waals surface area (Å²) in [4.78, 5) is 0. The molecule has 3 nitrogen and oxygen atoms in total. The Hall–Kier alpha value is -1.34. The molecule has 86 valence electrons. The van der Waals surface area contributed by atoms with Gasteiger partial charge in [0.2, 0.25) is 0 Å². The maximum Gasteiger partial charge on any atom is 0.416 e. The molecular formula is C9H8F3N3S. The zero-order valence-electron chi connectivity index (χ0n) is 7.93. The van der Waals surface area contributed by atoms with E-state index in [0.717, 1.165) is 12.1 Å². The van der Waals surface area contributed by atoms with Gasteiger partial charge in [0.25, 0.3) is 0 Å². The van der Waals surface area contributed by atoms with E-state index in [1.165, 1.54) is 6.07 Å². The van der Waals surface area contributed by atoms with E-state index >= 15 is 0 Å². The molecule has 1 unspecified atom stereocenters.